The normalized spacial score (nSPS) is 17.4. The zero-order valence-electron chi connectivity index (χ0n) is 18.2. The second kappa shape index (κ2) is 9.75. The van der Waals surface area contributed by atoms with E-state index in [0.717, 1.165) is 42.2 Å². The van der Waals surface area contributed by atoms with Crippen LogP contribution in [0.4, 0.5) is 24.8 Å². The van der Waals surface area contributed by atoms with Gasteiger partial charge in [0.25, 0.3) is 0 Å². The summed E-state index contributed by atoms with van der Waals surface area (Å²) in [6, 6.07) is 6.40. The Morgan fingerprint density at radius 1 is 1.15 bits per heavy atom. The molecular formula is C22H26F3N7O. The molecule has 0 spiro atoms. The van der Waals surface area contributed by atoms with E-state index < -0.39 is 11.7 Å². The molecule has 3 N–H and O–H groups in total. The number of pyridine rings is 2. The van der Waals surface area contributed by atoms with E-state index in [1.807, 2.05) is 30.2 Å². The maximum Gasteiger partial charge on any atom is 0.417 e. The van der Waals surface area contributed by atoms with Crippen molar-refractivity contribution < 1.29 is 18.3 Å². The second-order valence-corrected chi connectivity index (χ2v) is 8.02. The first-order chi connectivity index (χ1) is 15.8. The molecular weight excluding hydrogens is 435 g/mol. The highest BCUT2D eigenvalue weighted by Crippen LogP contribution is 2.30. The SMILES string of the molecule is CC1CN(Cc2c[nH]nc2-c2ccc(NCCO)nc2)CCN1c1ccc(C(F)(F)F)cn1. The van der Waals surface area contributed by atoms with Gasteiger partial charge in [0.05, 0.1) is 17.9 Å². The highest BCUT2D eigenvalue weighted by atomic mass is 19.4. The summed E-state index contributed by atoms with van der Waals surface area (Å²) < 4.78 is 38.4. The standard InChI is InChI=1S/C22H26F3N7O/c1-15-13-31(7-8-32(15)20-5-3-18(12-28-20)22(23,24)25)14-17-11-29-30-21(17)16-2-4-19(27-10-16)26-6-9-33/h2-5,10-12,15,33H,6-9,13-14H2,1H3,(H,26,27)(H,29,30). The number of H-pyrrole nitrogens is 1. The number of rotatable bonds is 7. The fraction of sp³-hybridized carbons (Fsp3) is 0.409. The first-order valence-corrected chi connectivity index (χ1v) is 10.7. The Kier molecular flexibility index (Phi) is 6.80. The maximum absolute atomic E-state index is 12.8. The third kappa shape index (κ3) is 5.42. The van der Waals surface area contributed by atoms with Gasteiger partial charge >= 0.3 is 6.18 Å². The summed E-state index contributed by atoms with van der Waals surface area (Å²) in [6.07, 6.45) is 0.132. The lowest BCUT2D eigenvalue weighted by Gasteiger charge is -2.40. The lowest BCUT2D eigenvalue weighted by Crippen LogP contribution is -2.51. The number of aliphatic hydroxyl groups is 1. The van der Waals surface area contributed by atoms with E-state index in [2.05, 4.69) is 30.4 Å². The van der Waals surface area contributed by atoms with Crippen LogP contribution in [0, 0.1) is 0 Å². The molecule has 1 unspecified atom stereocenters. The highest BCUT2D eigenvalue weighted by molar-refractivity contribution is 5.63. The summed E-state index contributed by atoms with van der Waals surface area (Å²) in [5.41, 5.74) is 2.02. The first kappa shape index (κ1) is 23.0. The number of hydrogen-bond donors (Lipinski definition) is 3. The van der Waals surface area contributed by atoms with Crippen molar-refractivity contribution >= 4 is 11.6 Å². The van der Waals surface area contributed by atoms with Crippen LogP contribution < -0.4 is 10.2 Å². The first-order valence-electron chi connectivity index (χ1n) is 10.7. The average molecular weight is 461 g/mol. The minimum absolute atomic E-state index is 0.0353. The molecule has 4 heterocycles. The number of alkyl halides is 3. The van der Waals surface area contributed by atoms with Crippen LogP contribution in [0.2, 0.25) is 0 Å². The van der Waals surface area contributed by atoms with Gasteiger partial charge in [0, 0.05) is 68.5 Å². The predicted molar refractivity (Wildman–Crippen MR) is 119 cm³/mol. The Morgan fingerprint density at radius 2 is 2.00 bits per heavy atom. The summed E-state index contributed by atoms with van der Waals surface area (Å²) in [5, 5.41) is 19.2. The van der Waals surface area contributed by atoms with Crippen LogP contribution in [-0.4, -0.2) is 69.0 Å². The largest absolute Gasteiger partial charge is 0.417 e. The van der Waals surface area contributed by atoms with E-state index in [1.165, 1.54) is 6.07 Å². The molecule has 1 atom stereocenters. The number of anilines is 2. The molecule has 33 heavy (non-hydrogen) atoms. The van der Waals surface area contributed by atoms with Gasteiger partial charge in [-0.25, -0.2) is 9.97 Å². The topological polar surface area (TPSA) is 93.2 Å². The van der Waals surface area contributed by atoms with Crippen LogP contribution >= 0.6 is 0 Å². The number of aromatic nitrogens is 4. The number of nitrogens with one attached hydrogen (secondary N) is 2. The van der Waals surface area contributed by atoms with E-state index in [0.29, 0.717) is 31.3 Å². The van der Waals surface area contributed by atoms with Gasteiger partial charge in [-0.3, -0.25) is 10.00 Å². The summed E-state index contributed by atoms with van der Waals surface area (Å²) in [4.78, 5) is 12.7. The van der Waals surface area contributed by atoms with Crippen molar-refractivity contribution in [1.82, 2.24) is 25.1 Å². The predicted octanol–water partition coefficient (Wildman–Crippen LogP) is 3.00. The summed E-state index contributed by atoms with van der Waals surface area (Å²) in [7, 11) is 0. The molecule has 3 aromatic rings. The lowest BCUT2D eigenvalue weighted by molar-refractivity contribution is -0.137. The minimum Gasteiger partial charge on any atom is -0.395 e. The van der Waals surface area contributed by atoms with Gasteiger partial charge in [0.2, 0.25) is 0 Å². The van der Waals surface area contributed by atoms with Crippen LogP contribution in [0.3, 0.4) is 0 Å². The van der Waals surface area contributed by atoms with E-state index in [1.54, 1.807) is 6.20 Å². The van der Waals surface area contributed by atoms with Gasteiger partial charge in [0.15, 0.2) is 0 Å². The number of nitrogens with zero attached hydrogens (tertiary/aromatic N) is 5. The monoisotopic (exact) mass is 461 g/mol. The number of aromatic amines is 1. The van der Waals surface area contributed by atoms with Crippen molar-refractivity contribution in [1.29, 1.82) is 0 Å². The third-order valence-corrected chi connectivity index (χ3v) is 5.65. The Balaban J connectivity index is 1.39. The second-order valence-electron chi connectivity index (χ2n) is 8.02. The van der Waals surface area contributed by atoms with Crippen LogP contribution in [0.1, 0.15) is 18.1 Å². The molecule has 0 amide bonds. The van der Waals surface area contributed by atoms with E-state index in [4.69, 9.17) is 5.11 Å². The van der Waals surface area contributed by atoms with Gasteiger partial charge in [-0.15, -0.1) is 0 Å². The van der Waals surface area contributed by atoms with Crippen molar-refractivity contribution in [2.24, 2.45) is 0 Å². The van der Waals surface area contributed by atoms with Gasteiger partial charge in [-0.2, -0.15) is 18.3 Å². The van der Waals surface area contributed by atoms with Crippen molar-refractivity contribution in [3.05, 3.63) is 54.0 Å². The molecule has 8 nitrogen and oxygen atoms in total. The Morgan fingerprint density at radius 3 is 2.64 bits per heavy atom. The fourth-order valence-electron chi connectivity index (χ4n) is 3.99. The van der Waals surface area contributed by atoms with E-state index in [9.17, 15) is 13.2 Å². The molecule has 4 rings (SSSR count). The molecule has 176 valence electrons. The molecule has 11 heteroatoms. The fourth-order valence-corrected chi connectivity index (χ4v) is 3.99. The number of aliphatic hydroxyl groups excluding tert-OH is 1. The number of halogens is 3. The van der Waals surface area contributed by atoms with Crippen molar-refractivity contribution in [3.63, 3.8) is 0 Å². The third-order valence-electron chi connectivity index (χ3n) is 5.65. The Labute approximate surface area is 189 Å². The average Bonchev–Trinajstić information content (AvgIpc) is 3.26. The molecule has 1 aliphatic rings. The van der Waals surface area contributed by atoms with E-state index in [-0.39, 0.29) is 12.6 Å². The maximum atomic E-state index is 12.8. The molecule has 1 fully saturated rings. The Hall–Kier alpha value is -3.18. The summed E-state index contributed by atoms with van der Waals surface area (Å²) in [5.74, 6) is 1.24. The summed E-state index contributed by atoms with van der Waals surface area (Å²) in [6.45, 7) is 5.37. The van der Waals surface area contributed by atoms with Crippen LogP contribution in [0.25, 0.3) is 11.3 Å². The Bertz CT molecular complexity index is 1040. The van der Waals surface area contributed by atoms with Gasteiger partial charge in [0.1, 0.15) is 11.6 Å². The molecule has 0 aliphatic carbocycles. The molecule has 0 aromatic carbocycles. The molecule has 0 saturated carbocycles. The van der Waals surface area contributed by atoms with E-state index >= 15 is 0 Å². The van der Waals surface area contributed by atoms with Crippen LogP contribution in [0.15, 0.2) is 42.9 Å². The molecule has 3 aromatic heterocycles. The summed E-state index contributed by atoms with van der Waals surface area (Å²) >= 11 is 0. The molecule has 1 saturated heterocycles. The van der Waals surface area contributed by atoms with Gasteiger partial charge in [-0.05, 0) is 31.2 Å². The number of piperazine rings is 1. The highest BCUT2D eigenvalue weighted by Gasteiger charge is 2.32. The molecule has 0 radical (unpaired) electrons. The lowest BCUT2D eigenvalue weighted by atomic mass is 10.1. The van der Waals surface area contributed by atoms with Crippen molar-refractivity contribution in [3.8, 4) is 11.3 Å². The minimum atomic E-state index is -4.38. The zero-order valence-corrected chi connectivity index (χ0v) is 18.2. The molecule has 0 bridgehead atoms. The number of hydrogen-bond acceptors (Lipinski definition) is 7. The van der Waals surface area contributed by atoms with Crippen LogP contribution in [0.5, 0.6) is 0 Å². The van der Waals surface area contributed by atoms with Gasteiger partial charge < -0.3 is 15.3 Å². The van der Waals surface area contributed by atoms with Crippen molar-refractivity contribution in [2.75, 3.05) is 43.0 Å². The smallest absolute Gasteiger partial charge is 0.395 e. The van der Waals surface area contributed by atoms with Crippen LogP contribution in [-0.2, 0) is 12.7 Å². The quantitative estimate of drug-likeness (QED) is 0.498. The molecule has 1 aliphatic heterocycles. The van der Waals surface area contributed by atoms with Crippen molar-refractivity contribution in [2.45, 2.75) is 25.7 Å². The zero-order chi connectivity index (χ0) is 23.4. The van der Waals surface area contributed by atoms with Gasteiger partial charge in [-0.1, -0.05) is 0 Å².